The molecule has 3 nitrogen and oxygen atoms in total. The lowest BCUT2D eigenvalue weighted by atomic mass is 10.2. The summed E-state index contributed by atoms with van der Waals surface area (Å²) in [5.41, 5.74) is 1.03. The van der Waals surface area contributed by atoms with E-state index >= 15 is 0 Å². The van der Waals surface area contributed by atoms with Crippen LogP contribution in [0.2, 0.25) is 10.0 Å². The van der Waals surface area contributed by atoms with Crippen molar-refractivity contribution >= 4 is 23.2 Å². The van der Waals surface area contributed by atoms with E-state index in [1.54, 1.807) is 18.5 Å². The smallest absolute Gasteiger partial charge is 0.150 e. The van der Waals surface area contributed by atoms with Crippen molar-refractivity contribution in [3.63, 3.8) is 0 Å². The molecule has 0 atom stereocenters. The summed E-state index contributed by atoms with van der Waals surface area (Å²) in [5.74, 6) is 1.24. The maximum absolute atomic E-state index is 6.24. The fourth-order valence-corrected chi connectivity index (χ4v) is 2.31. The van der Waals surface area contributed by atoms with E-state index in [-0.39, 0.29) is 0 Å². The number of nitrogens with one attached hydrogen (secondary N) is 1. The van der Waals surface area contributed by atoms with Crippen LogP contribution < -0.4 is 10.1 Å². The summed E-state index contributed by atoms with van der Waals surface area (Å²) >= 11 is 12.2. The molecule has 0 saturated heterocycles. The molecule has 0 aliphatic heterocycles. The van der Waals surface area contributed by atoms with Crippen LogP contribution in [-0.2, 0) is 6.54 Å². The molecule has 0 spiro atoms. The van der Waals surface area contributed by atoms with Gasteiger partial charge >= 0.3 is 0 Å². The van der Waals surface area contributed by atoms with Crippen LogP contribution in [0.15, 0.2) is 36.7 Å². The summed E-state index contributed by atoms with van der Waals surface area (Å²) in [4.78, 5) is 4.01. The van der Waals surface area contributed by atoms with Gasteiger partial charge in [0.05, 0.1) is 16.2 Å². The molecule has 1 saturated carbocycles. The van der Waals surface area contributed by atoms with E-state index in [1.807, 2.05) is 18.2 Å². The van der Waals surface area contributed by atoms with Crippen LogP contribution in [0.4, 0.5) is 0 Å². The van der Waals surface area contributed by atoms with Gasteiger partial charge in [-0.1, -0.05) is 35.3 Å². The van der Waals surface area contributed by atoms with E-state index in [9.17, 15) is 0 Å². The van der Waals surface area contributed by atoms with Crippen LogP contribution >= 0.6 is 23.2 Å². The highest BCUT2D eigenvalue weighted by molar-refractivity contribution is 6.32. The maximum atomic E-state index is 6.24. The molecular weight excluding hydrogens is 295 g/mol. The number of aromatic nitrogens is 1. The topological polar surface area (TPSA) is 34.1 Å². The molecule has 20 heavy (non-hydrogen) atoms. The van der Waals surface area contributed by atoms with Crippen LogP contribution in [0.1, 0.15) is 18.4 Å². The highest BCUT2D eigenvalue weighted by Gasteiger charge is 2.21. The van der Waals surface area contributed by atoms with Gasteiger partial charge < -0.3 is 10.1 Å². The quantitative estimate of drug-likeness (QED) is 0.887. The average molecular weight is 309 g/mol. The zero-order valence-corrected chi connectivity index (χ0v) is 12.3. The zero-order chi connectivity index (χ0) is 13.9. The number of rotatable bonds is 5. The summed E-state index contributed by atoms with van der Waals surface area (Å²) in [7, 11) is 0. The van der Waals surface area contributed by atoms with Gasteiger partial charge in [0.1, 0.15) is 5.75 Å². The molecule has 5 heteroatoms. The first-order chi connectivity index (χ1) is 9.72. The number of para-hydroxylation sites is 1. The number of pyridine rings is 1. The lowest BCUT2D eigenvalue weighted by molar-refractivity contribution is 0.470. The lowest BCUT2D eigenvalue weighted by Gasteiger charge is -2.13. The lowest BCUT2D eigenvalue weighted by Crippen LogP contribution is -2.15. The fraction of sp³-hybridized carbons (Fsp3) is 0.267. The highest BCUT2D eigenvalue weighted by Crippen LogP contribution is 2.34. The van der Waals surface area contributed by atoms with Gasteiger partial charge in [-0.2, -0.15) is 0 Å². The van der Waals surface area contributed by atoms with Crippen LogP contribution in [0.3, 0.4) is 0 Å². The molecule has 1 aliphatic rings. The summed E-state index contributed by atoms with van der Waals surface area (Å²) in [6, 6.07) is 8.10. The fourth-order valence-electron chi connectivity index (χ4n) is 1.91. The molecule has 1 aliphatic carbocycles. The van der Waals surface area contributed by atoms with Crippen molar-refractivity contribution in [2.45, 2.75) is 25.4 Å². The second-order valence-corrected chi connectivity index (χ2v) is 5.67. The molecule has 104 valence electrons. The van der Waals surface area contributed by atoms with Crippen molar-refractivity contribution in [1.29, 1.82) is 0 Å². The molecule has 0 radical (unpaired) electrons. The molecule has 0 bridgehead atoms. The minimum atomic E-state index is 0.534. The Morgan fingerprint density at radius 1 is 1.25 bits per heavy atom. The first-order valence-electron chi connectivity index (χ1n) is 6.51. The summed E-state index contributed by atoms with van der Waals surface area (Å²) in [6.45, 7) is 0.745. The molecule has 1 N–H and O–H groups in total. The first-order valence-corrected chi connectivity index (χ1v) is 7.27. The van der Waals surface area contributed by atoms with Crippen molar-refractivity contribution in [1.82, 2.24) is 10.3 Å². The standard InChI is InChI=1S/C15H14Cl2N2O/c16-11-6-13(9-18-8-11)20-15-10(2-1-3-14(15)17)7-19-12-4-5-12/h1-3,6,8-9,12,19H,4-5,7H2. The molecule has 1 fully saturated rings. The molecule has 3 rings (SSSR count). The number of halogens is 2. The van der Waals surface area contributed by atoms with E-state index in [0.29, 0.717) is 27.6 Å². The van der Waals surface area contributed by atoms with Gasteiger partial charge in [-0.05, 0) is 18.9 Å². The number of benzene rings is 1. The number of hydrogen-bond donors (Lipinski definition) is 1. The van der Waals surface area contributed by atoms with Crippen molar-refractivity contribution in [3.05, 3.63) is 52.3 Å². The second kappa shape index (κ2) is 6.00. The second-order valence-electron chi connectivity index (χ2n) is 4.82. The number of ether oxygens (including phenoxy) is 1. The first kappa shape index (κ1) is 13.7. The summed E-state index contributed by atoms with van der Waals surface area (Å²) in [5, 5.41) is 4.58. The number of hydrogen-bond acceptors (Lipinski definition) is 3. The minimum absolute atomic E-state index is 0.534. The van der Waals surface area contributed by atoms with E-state index in [4.69, 9.17) is 27.9 Å². The summed E-state index contributed by atoms with van der Waals surface area (Å²) in [6.07, 6.45) is 5.67. The SMILES string of the molecule is Clc1cncc(Oc2c(Cl)cccc2CNC2CC2)c1. The predicted molar refractivity (Wildman–Crippen MR) is 80.6 cm³/mol. The maximum Gasteiger partial charge on any atom is 0.150 e. The van der Waals surface area contributed by atoms with Gasteiger partial charge in [0.15, 0.2) is 5.75 Å². The largest absolute Gasteiger partial charge is 0.454 e. The minimum Gasteiger partial charge on any atom is -0.454 e. The molecule has 0 amide bonds. The van der Waals surface area contributed by atoms with Gasteiger partial charge in [-0.25, -0.2) is 0 Å². The molecular formula is C15H14Cl2N2O. The van der Waals surface area contributed by atoms with Gasteiger partial charge in [0.2, 0.25) is 0 Å². The molecule has 1 aromatic carbocycles. The van der Waals surface area contributed by atoms with Crippen molar-refractivity contribution < 1.29 is 4.74 Å². The van der Waals surface area contributed by atoms with Gasteiger partial charge in [0, 0.05) is 30.4 Å². The van der Waals surface area contributed by atoms with E-state index in [1.165, 1.54) is 12.8 Å². The Morgan fingerprint density at radius 3 is 2.85 bits per heavy atom. The third-order valence-corrected chi connectivity index (χ3v) is 3.61. The normalized spacial score (nSPS) is 14.3. The Kier molecular flexibility index (Phi) is 4.10. The third kappa shape index (κ3) is 3.42. The predicted octanol–water partition coefficient (Wildman–Crippen LogP) is 4.43. The Balaban J connectivity index is 1.82. The van der Waals surface area contributed by atoms with E-state index in [2.05, 4.69) is 10.3 Å². The molecule has 1 heterocycles. The van der Waals surface area contributed by atoms with Gasteiger partial charge in [-0.15, -0.1) is 0 Å². The monoisotopic (exact) mass is 308 g/mol. The van der Waals surface area contributed by atoms with Crippen molar-refractivity contribution in [2.24, 2.45) is 0 Å². The highest BCUT2D eigenvalue weighted by atomic mass is 35.5. The van der Waals surface area contributed by atoms with Gasteiger partial charge in [-0.3, -0.25) is 4.98 Å². The molecule has 2 aromatic rings. The number of nitrogens with zero attached hydrogens (tertiary/aromatic N) is 1. The van der Waals surface area contributed by atoms with Gasteiger partial charge in [0.25, 0.3) is 0 Å². The van der Waals surface area contributed by atoms with Crippen LogP contribution in [0.5, 0.6) is 11.5 Å². The third-order valence-electron chi connectivity index (χ3n) is 3.11. The average Bonchev–Trinajstić information content (AvgIpc) is 3.24. The van der Waals surface area contributed by atoms with Crippen LogP contribution in [0, 0.1) is 0 Å². The Morgan fingerprint density at radius 2 is 2.10 bits per heavy atom. The molecule has 1 aromatic heterocycles. The van der Waals surface area contributed by atoms with Crippen LogP contribution in [-0.4, -0.2) is 11.0 Å². The van der Waals surface area contributed by atoms with Crippen molar-refractivity contribution in [2.75, 3.05) is 0 Å². The Labute approximate surface area is 127 Å². The molecule has 0 unspecified atom stereocenters. The van der Waals surface area contributed by atoms with Crippen molar-refractivity contribution in [3.8, 4) is 11.5 Å². The summed E-state index contributed by atoms with van der Waals surface area (Å²) < 4.78 is 5.85. The van der Waals surface area contributed by atoms with Crippen LogP contribution in [0.25, 0.3) is 0 Å². The zero-order valence-electron chi connectivity index (χ0n) is 10.8. The van der Waals surface area contributed by atoms with E-state index < -0.39 is 0 Å². The Bertz CT molecular complexity index is 615. The van der Waals surface area contributed by atoms with E-state index in [0.717, 1.165) is 12.1 Å². The Hall–Kier alpha value is -1.29.